The van der Waals surface area contributed by atoms with Gasteiger partial charge in [0, 0.05) is 35.7 Å². The first-order chi connectivity index (χ1) is 13.9. The average molecular weight is 389 g/mol. The van der Waals surface area contributed by atoms with Gasteiger partial charge in [-0.15, -0.1) is 0 Å². The van der Waals surface area contributed by atoms with E-state index in [1.54, 1.807) is 48.5 Å². The summed E-state index contributed by atoms with van der Waals surface area (Å²) in [5, 5.41) is 8.41. The molecule has 0 spiro atoms. The fraction of sp³-hybridized carbons (Fsp3) is 0.0952. The number of anilines is 4. The molecule has 2 aromatic carbocycles. The molecule has 0 saturated carbocycles. The molecule has 3 rings (SSSR count). The van der Waals surface area contributed by atoms with Crippen molar-refractivity contribution in [3.63, 3.8) is 0 Å². The van der Waals surface area contributed by atoms with E-state index in [0.29, 0.717) is 22.6 Å². The minimum Gasteiger partial charge on any atom is -0.326 e. The van der Waals surface area contributed by atoms with Crippen molar-refractivity contribution >= 4 is 40.6 Å². The molecule has 146 valence electrons. The van der Waals surface area contributed by atoms with Crippen LogP contribution >= 0.6 is 0 Å². The van der Waals surface area contributed by atoms with Crippen molar-refractivity contribution in [3.05, 3.63) is 72.1 Å². The normalized spacial score (nSPS) is 10.1. The predicted octanol–water partition coefficient (Wildman–Crippen LogP) is 3.63. The van der Waals surface area contributed by atoms with Gasteiger partial charge in [0.05, 0.1) is 0 Å². The van der Waals surface area contributed by atoms with Gasteiger partial charge in [-0.2, -0.15) is 0 Å². The van der Waals surface area contributed by atoms with Crippen molar-refractivity contribution in [1.82, 2.24) is 9.97 Å². The van der Waals surface area contributed by atoms with Crippen LogP contribution in [0.5, 0.6) is 0 Å². The number of benzene rings is 2. The summed E-state index contributed by atoms with van der Waals surface area (Å²) in [6.07, 6.45) is 1.47. The first-order valence-electron chi connectivity index (χ1n) is 8.81. The Morgan fingerprint density at radius 2 is 1.55 bits per heavy atom. The quantitative estimate of drug-likeness (QED) is 0.555. The zero-order valence-corrected chi connectivity index (χ0v) is 15.9. The molecule has 3 aromatic rings. The molecule has 1 aromatic heterocycles. The summed E-state index contributed by atoms with van der Waals surface area (Å²) in [5.41, 5.74) is 2.56. The second kappa shape index (κ2) is 8.75. The lowest BCUT2D eigenvalue weighted by atomic mass is 10.1. The minimum atomic E-state index is -0.419. The van der Waals surface area contributed by atoms with E-state index in [-0.39, 0.29) is 23.3 Å². The largest absolute Gasteiger partial charge is 0.326 e. The first kappa shape index (κ1) is 19.7. The number of amides is 2. The lowest BCUT2D eigenvalue weighted by Crippen LogP contribution is -2.15. The summed E-state index contributed by atoms with van der Waals surface area (Å²) >= 11 is 0. The van der Waals surface area contributed by atoms with Crippen LogP contribution in [0.1, 0.15) is 34.7 Å². The monoisotopic (exact) mass is 389 g/mol. The SMILES string of the molecule is CC(=O)Nc1ccc(Nc2nccc(C(=O)Nc3cccc(C(C)=O)c3)n2)cc1. The zero-order valence-electron chi connectivity index (χ0n) is 15.9. The molecule has 29 heavy (non-hydrogen) atoms. The Labute approximate surface area is 167 Å². The predicted molar refractivity (Wildman–Crippen MR) is 110 cm³/mol. The average Bonchev–Trinajstić information content (AvgIpc) is 2.69. The van der Waals surface area contributed by atoms with Crippen LogP contribution in [0.15, 0.2) is 60.8 Å². The maximum Gasteiger partial charge on any atom is 0.274 e. The highest BCUT2D eigenvalue weighted by molar-refractivity contribution is 6.04. The summed E-state index contributed by atoms with van der Waals surface area (Å²) in [5.74, 6) is -0.402. The number of hydrogen-bond acceptors (Lipinski definition) is 6. The molecule has 0 fully saturated rings. The number of nitrogens with zero attached hydrogens (tertiary/aromatic N) is 2. The van der Waals surface area contributed by atoms with Crippen molar-refractivity contribution in [2.24, 2.45) is 0 Å². The Morgan fingerprint density at radius 3 is 2.24 bits per heavy atom. The Bertz CT molecular complexity index is 1060. The van der Waals surface area contributed by atoms with Gasteiger partial charge in [0.25, 0.3) is 5.91 Å². The van der Waals surface area contributed by atoms with Crippen molar-refractivity contribution < 1.29 is 14.4 Å². The van der Waals surface area contributed by atoms with Gasteiger partial charge >= 0.3 is 0 Å². The van der Waals surface area contributed by atoms with E-state index in [4.69, 9.17) is 0 Å². The van der Waals surface area contributed by atoms with Crippen molar-refractivity contribution in [2.75, 3.05) is 16.0 Å². The molecule has 0 bridgehead atoms. The maximum absolute atomic E-state index is 12.5. The molecule has 3 N–H and O–H groups in total. The summed E-state index contributed by atoms with van der Waals surface area (Å²) in [6.45, 7) is 2.90. The molecule has 0 unspecified atom stereocenters. The van der Waals surface area contributed by atoms with Crippen molar-refractivity contribution in [3.8, 4) is 0 Å². The number of hydrogen-bond donors (Lipinski definition) is 3. The number of carbonyl (C=O) groups is 3. The number of rotatable bonds is 6. The van der Waals surface area contributed by atoms with Gasteiger partial charge in [0.15, 0.2) is 5.78 Å². The number of ketones is 1. The van der Waals surface area contributed by atoms with E-state index >= 15 is 0 Å². The highest BCUT2D eigenvalue weighted by Crippen LogP contribution is 2.17. The Morgan fingerprint density at radius 1 is 0.828 bits per heavy atom. The molecule has 2 amide bonds. The number of carbonyl (C=O) groups excluding carboxylic acids is 3. The lowest BCUT2D eigenvalue weighted by molar-refractivity contribution is -0.114. The van der Waals surface area contributed by atoms with Crippen molar-refractivity contribution in [2.45, 2.75) is 13.8 Å². The molecular weight excluding hydrogens is 370 g/mol. The van der Waals surface area contributed by atoms with E-state index in [1.807, 2.05) is 0 Å². The van der Waals surface area contributed by atoms with Gasteiger partial charge < -0.3 is 16.0 Å². The third-order valence-corrected chi connectivity index (χ3v) is 3.88. The molecule has 8 nitrogen and oxygen atoms in total. The van der Waals surface area contributed by atoms with Gasteiger partial charge in [-0.1, -0.05) is 12.1 Å². The second-order valence-corrected chi connectivity index (χ2v) is 6.24. The molecule has 0 atom stereocenters. The topological polar surface area (TPSA) is 113 Å². The summed E-state index contributed by atoms with van der Waals surface area (Å²) in [7, 11) is 0. The summed E-state index contributed by atoms with van der Waals surface area (Å²) < 4.78 is 0. The van der Waals surface area contributed by atoms with Gasteiger partial charge in [-0.25, -0.2) is 9.97 Å². The Kier molecular flexibility index (Phi) is 5.94. The van der Waals surface area contributed by atoms with E-state index in [9.17, 15) is 14.4 Å². The van der Waals surface area contributed by atoms with Gasteiger partial charge in [-0.3, -0.25) is 14.4 Å². The van der Waals surface area contributed by atoms with Crippen LogP contribution in [-0.4, -0.2) is 27.6 Å². The molecule has 1 heterocycles. The summed E-state index contributed by atoms with van der Waals surface area (Å²) in [6, 6.07) is 15.2. The van der Waals surface area contributed by atoms with Gasteiger partial charge in [-0.05, 0) is 49.4 Å². The Balaban J connectivity index is 1.70. The standard InChI is InChI=1S/C21H19N5O3/c1-13(27)15-4-3-5-18(12-15)24-20(29)19-10-11-22-21(26-19)25-17-8-6-16(7-9-17)23-14(2)28/h3-12H,1-2H3,(H,23,28)(H,24,29)(H,22,25,26). The number of aromatic nitrogens is 2. The Hall–Kier alpha value is -4.07. The highest BCUT2D eigenvalue weighted by atomic mass is 16.2. The molecule has 0 saturated heterocycles. The minimum absolute atomic E-state index is 0.0841. The zero-order chi connectivity index (χ0) is 20.8. The molecule has 0 aliphatic rings. The molecule has 0 aliphatic heterocycles. The fourth-order valence-electron chi connectivity index (χ4n) is 2.53. The smallest absolute Gasteiger partial charge is 0.274 e. The van der Waals surface area contributed by atoms with Crippen LogP contribution in [-0.2, 0) is 4.79 Å². The van der Waals surface area contributed by atoms with Crippen LogP contribution < -0.4 is 16.0 Å². The lowest BCUT2D eigenvalue weighted by Gasteiger charge is -2.09. The van der Waals surface area contributed by atoms with Crippen LogP contribution in [0.2, 0.25) is 0 Å². The molecule has 8 heteroatoms. The van der Waals surface area contributed by atoms with Crippen LogP contribution in [0.3, 0.4) is 0 Å². The number of nitrogens with one attached hydrogen (secondary N) is 3. The second-order valence-electron chi connectivity index (χ2n) is 6.24. The van der Waals surface area contributed by atoms with Gasteiger partial charge in [0.2, 0.25) is 11.9 Å². The van der Waals surface area contributed by atoms with Crippen LogP contribution in [0, 0.1) is 0 Å². The third kappa shape index (κ3) is 5.46. The molecule has 0 radical (unpaired) electrons. The van der Waals surface area contributed by atoms with Crippen molar-refractivity contribution in [1.29, 1.82) is 0 Å². The highest BCUT2D eigenvalue weighted by Gasteiger charge is 2.10. The summed E-state index contributed by atoms with van der Waals surface area (Å²) in [4.78, 5) is 43.4. The third-order valence-electron chi connectivity index (χ3n) is 3.88. The van der Waals surface area contributed by atoms with E-state index < -0.39 is 5.91 Å². The molecular formula is C21H19N5O3. The first-order valence-corrected chi connectivity index (χ1v) is 8.81. The van der Waals surface area contributed by atoms with E-state index in [2.05, 4.69) is 25.9 Å². The maximum atomic E-state index is 12.5. The van der Waals surface area contributed by atoms with Crippen LogP contribution in [0.25, 0.3) is 0 Å². The van der Waals surface area contributed by atoms with Crippen LogP contribution in [0.4, 0.5) is 23.0 Å². The van der Waals surface area contributed by atoms with E-state index in [1.165, 1.54) is 26.1 Å². The fourth-order valence-corrected chi connectivity index (χ4v) is 2.53. The van der Waals surface area contributed by atoms with E-state index in [0.717, 1.165) is 0 Å². The number of Topliss-reactive ketones (excluding diaryl/α,β-unsaturated/α-hetero) is 1. The van der Waals surface area contributed by atoms with Gasteiger partial charge in [0.1, 0.15) is 5.69 Å². The molecule has 0 aliphatic carbocycles.